The zero-order valence-electron chi connectivity index (χ0n) is 36.1. The number of aromatic nitrogens is 4. The van der Waals surface area contributed by atoms with E-state index >= 15 is 0 Å². The highest BCUT2D eigenvalue weighted by molar-refractivity contribution is 7.83. The van der Waals surface area contributed by atoms with E-state index in [9.17, 15) is 36.0 Å². The van der Waals surface area contributed by atoms with Crippen molar-refractivity contribution in [2.24, 2.45) is 14.1 Å². The van der Waals surface area contributed by atoms with Gasteiger partial charge in [-0.15, -0.1) is 7.94 Å². The number of nitrogens with one attached hydrogen (secondary N) is 4. The number of halogens is 2. The summed E-state index contributed by atoms with van der Waals surface area (Å²) >= 11 is 12.4. The lowest BCUT2D eigenvalue weighted by Gasteiger charge is -2.20. The molecule has 0 bridgehead atoms. The lowest BCUT2D eigenvalue weighted by atomic mass is 9.92. The van der Waals surface area contributed by atoms with Crippen LogP contribution in [-0.4, -0.2) is 73.6 Å². The number of carboxylic acid groups (broad SMARTS) is 1. The Bertz CT molecular complexity index is 2580. The normalized spacial score (nSPS) is 11.5. The summed E-state index contributed by atoms with van der Waals surface area (Å²) in [5, 5.41) is 15.4. The Morgan fingerprint density at radius 1 is 0.694 bits per heavy atom. The minimum absolute atomic E-state index is 0.0256. The van der Waals surface area contributed by atoms with Crippen molar-refractivity contribution >= 4 is 78.9 Å². The monoisotopic (exact) mass is 938 g/mol. The largest absolute Gasteiger partial charge is 0.475 e. The first-order valence-corrected chi connectivity index (χ1v) is 22.6. The Morgan fingerprint density at radius 3 is 1.31 bits per heavy atom. The van der Waals surface area contributed by atoms with Gasteiger partial charge in [-0.2, -0.15) is 26.3 Å². The topological polar surface area (TPSA) is 230 Å². The maximum atomic E-state index is 12.8. The summed E-state index contributed by atoms with van der Waals surface area (Å²) in [4.78, 5) is 53.0. The van der Waals surface area contributed by atoms with Gasteiger partial charge in [0.1, 0.15) is 0 Å². The second-order valence-electron chi connectivity index (χ2n) is 15.4. The van der Waals surface area contributed by atoms with E-state index in [-0.39, 0.29) is 41.7 Å². The molecule has 0 saturated heterocycles. The second-order valence-corrected chi connectivity index (χ2v) is 19.4. The molecule has 19 nitrogen and oxygen atoms in total. The van der Waals surface area contributed by atoms with Gasteiger partial charge in [-0.05, 0) is 70.2 Å². The van der Waals surface area contributed by atoms with Crippen molar-refractivity contribution in [2.45, 2.75) is 79.1 Å². The third-order valence-corrected chi connectivity index (χ3v) is 12.0. The van der Waals surface area contributed by atoms with Crippen molar-refractivity contribution in [3.8, 4) is 0 Å². The maximum Gasteiger partial charge on any atom is 0.405 e. The van der Waals surface area contributed by atoms with E-state index in [2.05, 4.69) is 15.5 Å². The quantitative estimate of drug-likeness (QED) is 0.0793. The van der Waals surface area contributed by atoms with Crippen LogP contribution < -0.4 is 28.0 Å². The lowest BCUT2D eigenvalue weighted by Crippen LogP contribution is -2.52. The van der Waals surface area contributed by atoms with Gasteiger partial charge in [-0.3, -0.25) is 14.5 Å². The molecule has 4 rings (SSSR count). The first-order valence-electron chi connectivity index (χ1n) is 18.9. The standard InChI is InChI=1S/C21H27ClN6O4S.C18H23ClN4O5S/c1-13(2)16-8-15(22)9-17(14(3)4)19(16)24-21(30)25-33(31,32)28-10-18(27(7)12-28)20(29)26(6)11-23-5;1-10(2)13-6-12(19)7-14(11(3)4)16(13)20-18(26)21-29(27,28)23-8-15(17(24)25)22(5)9-23/h8-10,12-14H,11H2,1-4,6-7H3,(H-,24,25,30);6-11H,1-5H3,(H2-,20,21,24,25,26)/p+2. The molecule has 5 N–H and O–H groups in total. The molecule has 0 aliphatic rings. The van der Waals surface area contributed by atoms with Crippen LogP contribution in [0.15, 0.2) is 49.3 Å². The molecule has 0 aliphatic heterocycles. The highest BCUT2D eigenvalue weighted by Crippen LogP contribution is 2.36. The highest BCUT2D eigenvalue weighted by Gasteiger charge is 2.31. The number of amides is 5. The molecular formula is C39H52Cl2N10O9S2+2. The Balaban J connectivity index is 0.000000333. The predicted molar refractivity (Wildman–Crippen MR) is 234 cm³/mol. The predicted octanol–water partition coefficient (Wildman–Crippen LogP) is 5.90. The summed E-state index contributed by atoms with van der Waals surface area (Å²) < 4.78 is 58.2. The SMILES string of the molecule is CC(C)c1cc(Cl)cc(C(C)C)c1NC(=O)NS(=O)(=O)[n+]1cc(C(=O)O)n(C)c1.[C-]#[N+]CN(C)C(=O)c1c[n+](S(=O)(=O)NC(=O)Nc2c(C(C)C)cc(Cl)cc2C(C)C)cn1C. The number of carbonyl (C=O) groups is 4. The summed E-state index contributed by atoms with van der Waals surface area (Å²) in [6, 6.07) is 5.03. The number of aryl methyl sites for hydroxylation is 2. The summed E-state index contributed by atoms with van der Waals surface area (Å²) in [6.07, 6.45) is 4.18. The molecule has 0 aliphatic carbocycles. The molecular weight excluding hydrogens is 888 g/mol. The van der Waals surface area contributed by atoms with Gasteiger partial charge in [-0.25, -0.2) is 30.1 Å². The number of urea groups is 2. The molecule has 23 heteroatoms. The van der Waals surface area contributed by atoms with Gasteiger partial charge < -0.3 is 15.7 Å². The first-order chi connectivity index (χ1) is 28.6. The number of rotatable bonds is 13. The fraction of sp³-hybridized carbons (Fsp3) is 0.410. The van der Waals surface area contributed by atoms with Crippen LogP contribution in [0.5, 0.6) is 0 Å². The van der Waals surface area contributed by atoms with E-state index in [1.54, 1.807) is 24.3 Å². The molecule has 5 amide bonds. The smallest absolute Gasteiger partial charge is 0.405 e. The van der Waals surface area contributed by atoms with Gasteiger partial charge in [0.05, 0.1) is 14.1 Å². The van der Waals surface area contributed by atoms with Crippen LogP contribution in [0.3, 0.4) is 0 Å². The van der Waals surface area contributed by atoms with Gasteiger partial charge in [0.15, 0.2) is 12.4 Å². The van der Waals surface area contributed by atoms with Crippen molar-refractivity contribution in [1.29, 1.82) is 0 Å². The number of hydrogen-bond acceptors (Lipinski definition) is 8. The van der Waals surface area contributed by atoms with Crippen LogP contribution >= 0.6 is 23.2 Å². The molecule has 2 heterocycles. The molecule has 62 heavy (non-hydrogen) atoms. The Kier molecular flexibility index (Phi) is 16.7. The zero-order valence-corrected chi connectivity index (χ0v) is 39.2. The fourth-order valence-corrected chi connectivity index (χ4v) is 8.28. The van der Waals surface area contributed by atoms with E-state index < -0.39 is 44.4 Å². The molecule has 0 saturated carbocycles. The van der Waals surface area contributed by atoms with E-state index in [0.29, 0.717) is 25.4 Å². The second kappa shape index (κ2) is 20.5. The fourth-order valence-electron chi connectivity index (χ4n) is 6.02. The van der Waals surface area contributed by atoms with E-state index in [0.717, 1.165) is 60.7 Å². The first kappa shape index (κ1) is 50.7. The van der Waals surface area contributed by atoms with Gasteiger partial charge in [0.2, 0.25) is 5.69 Å². The number of nitrogens with zero attached hydrogens (tertiary/aromatic N) is 6. The Morgan fingerprint density at radius 2 is 1.02 bits per heavy atom. The van der Waals surface area contributed by atoms with Crippen molar-refractivity contribution in [3.63, 3.8) is 0 Å². The van der Waals surface area contributed by atoms with Gasteiger partial charge in [-0.1, -0.05) is 78.6 Å². The number of aromatic carboxylic acids is 1. The van der Waals surface area contributed by atoms with Crippen molar-refractivity contribution in [2.75, 3.05) is 24.3 Å². The number of anilines is 2. The molecule has 0 fully saturated rings. The van der Waals surface area contributed by atoms with Crippen molar-refractivity contribution in [1.82, 2.24) is 23.5 Å². The third kappa shape index (κ3) is 12.5. The molecule has 0 atom stereocenters. The number of carboxylic acids is 1. The van der Waals surface area contributed by atoms with Crippen molar-refractivity contribution in [3.05, 3.63) is 104 Å². The molecule has 0 radical (unpaired) electrons. The van der Waals surface area contributed by atoms with Crippen molar-refractivity contribution < 1.29 is 49.1 Å². The minimum atomic E-state index is -4.35. The van der Waals surface area contributed by atoms with Crippen LogP contribution in [0.1, 0.15) is 122 Å². The van der Waals surface area contributed by atoms with Crippen LogP contribution in [-0.2, 0) is 34.5 Å². The molecule has 4 aromatic rings. The number of carbonyl (C=O) groups excluding carboxylic acids is 3. The van der Waals surface area contributed by atoms with Gasteiger partial charge in [0.25, 0.3) is 25.0 Å². The van der Waals surface area contributed by atoms with Crippen LogP contribution in [0.2, 0.25) is 10.0 Å². The maximum absolute atomic E-state index is 12.8. The molecule has 0 spiro atoms. The molecule has 0 unspecified atom stereocenters. The van der Waals surface area contributed by atoms with E-state index in [1.807, 2.05) is 64.8 Å². The van der Waals surface area contributed by atoms with E-state index in [1.165, 1.54) is 25.7 Å². The molecule has 2 aromatic heterocycles. The van der Waals surface area contributed by atoms with Gasteiger partial charge in [0, 0.05) is 28.5 Å². The zero-order chi connectivity index (χ0) is 47.2. The van der Waals surface area contributed by atoms with Crippen LogP contribution in [0, 0.1) is 6.57 Å². The van der Waals surface area contributed by atoms with Crippen LogP contribution in [0.25, 0.3) is 4.85 Å². The highest BCUT2D eigenvalue weighted by atomic mass is 35.5. The number of imidazole rings is 2. The number of benzene rings is 2. The minimum Gasteiger partial charge on any atom is -0.475 e. The summed E-state index contributed by atoms with van der Waals surface area (Å²) in [6.45, 7) is 22.2. The summed E-state index contributed by atoms with van der Waals surface area (Å²) in [5.74, 6) is -1.72. The number of hydrogen-bond donors (Lipinski definition) is 5. The Labute approximate surface area is 371 Å². The van der Waals surface area contributed by atoms with Gasteiger partial charge >= 0.3 is 44.4 Å². The average Bonchev–Trinajstić information content (AvgIpc) is 3.75. The Hall–Kier alpha value is -5.69. The lowest BCUT2D eigenvalue weighted by molar-refractivity contribution is -0.512. The summed E-state index contributed by atoms with van der Waals surface area (Å²) in [5.41, 5.74) is 3.89. The van der Waals surface area contributed by atoms with E-state index in [4.69, 9.17) is 34.9 Å². The molecule has 336 valence electrons. The third-order valence-electron chi connectivity index (χ3n) is 9.19. The van der Waals surface area contributed by atoms with Crippen LogP contribution in [0.4, 0.5) is 21.0 Å². The average molecular weight is 940 g/mol. The summed E-state index contributed by atoms with van der Waals surface area (Å²) in [7, 11) is -4.39. The molecule has 2 aromatic carbocycles.